The van der Waals surface area contributed by atoms with Crippen LogP contribution in [0.4, 0.5) is 0 Å². The molecule has 0 radical (unpaired) electrons. The molecule has 1 aliphatic rings. The Balaban J connectivity index is 2.35. The number of hydrogen-bond acceptors (Lipinski definition) is 7. The first kappa shape index (κ1) is 18.4. The van der Waals surface area contributed by atoms with Gasteiger partial charge in [-0.15, -0.1) is 0 Å². The maximum atomic E-state index is 12.7. The molecule has 0 spiro atoms. The van der Waals surface area contributed by atoms with E-state index >= 15 is 0 Å². The lowest BCUT2D eigenvalue weighted by atomic mass is 9.83. The van der Waals surface area contributed by atoms with Crippen molar-refractivity contribution in [1.29, 1.82) is 0 Å². The fourth-order valence-electron chi connectivity index (χ4n) is 2.84. The summed E-state index contributed by atoms with van der Waals surface area (Å²) in [5, 5.41) is 5.49. The molecule has 9 nitrogen and oxygen atoms in total. The molecule has 0 aliphatic heterocycles. The molecule has 1 heterocycles. The molecule has 0 amide bonds. The third-order valence-electron chi connectivity index (χ3n) is 3.98. The molecule has 2 N–H and O–H groups in total. The number of esters is 2. The van der Waals surface area contributed by atoms with E-state index in [9.17, 15) is 18.0 Å². The first-order valence-corrected chi connectivity index (χ1v) is 9.17. The number of methoxy groups -OCH3 is 1. The van der Waals surface area contributed by atoms with Gasteiger partial charge in [0.1, 0.15) is 11.1 Å². The van der Waals surface area contributed by atoms with Crippen LogP contribution in [-0.4, -0.2) is 49.8 Å². The van der Waals surface area contributed by atoms with E-state index in [-0.39, 0.29) is 12.2 Å². The summed E-state index contributed by atoms with van der Waals surface area (Å²) in [7, 11) is -2.98. The predicted molar refractivity (Wildman–Crippen MR) is 82.7 cm³/mol. The van der Waals surface area contributed by atoms with Gasteiger partial charge in [0, 0.05) is 0 Å². The van der Waals surface area contributed by atoms with Gasteiger partial charge in [-0.05, 0) is 19.8 Å². The number of carbonyl (C=O) groups is 2. The van der Waals surface area contributed by atoms with Crippen molar-refractivity contribution in [2.24, 2.45) is 0 Å². The van der Waals surface area contributed by atoms with Crippen LogP contribution in [0.25, 0.3) is 0 Å². The van der Waals surface area contributed by atoms with E-state index in [4.69, 9.17) is 9.47 Å². The number of carbonyl (C=O) groups excluding carboxylic acids is 2. The molecule has 0 unspecified atom stereocenters. The molecule has 1 fully saturated rings. The highest BCUT2D eigenvalue weighted by Crippen LogP contribution is 2.31. The second-order valence-corrected chi connectivity index (χ2v) is 7.19. The Hall–Kier alpha value is -1.94. The minimum Gasteiger partial charge on any atom is -0.468 e. The molecule has 1 saturated carbocycles. The van der Waals surface area contributed by atoms with Gasteiger partial charge >= 0.3 is 11.9 Å². The molecule has 0 bridgehead atoms. The summed E-state index contributed by atoms with van der Waals surface area (Å²) in [6.45, 7) is 1.71. The van der Waals surface area contributed by atoms with Crippen LogP contribution in [0, 0.1) is 0 Å². The van der Waals surface area contributed by atoms with Gasteiger partial charge in [-0.3, -0.25) is 9.89 Å². The summed E-state index contributed by atoms with van der Waals surface area (Å²) in [6, 6.07) is 0. The summed E-state index contributed by atoms with van der Waals surface area (Å²) in [5.41, 5.74) is -1.54. The fraction of sp³-hybridized carbons (Fsp3) is 0.643. The number of hydrogen-bond donors (Lipinski definition) is 2. The van der Waals surface area contributed by atoms with E-state index in [0.29, 0.717) is 25.7 Å². The second-order valence-electron chi connectivity index (χ2n) is 5.57. The fourth-order valence-corrected chi connectivity index (χ4v) is 4.34. The van der Waals surface area contributed by atoms with Gasteiger partial charge < -0.3 is 9.47 Å². The van der Waals surface area contributed by atoms with E-state index in [2.05, 4.69) is 14.9 Å². The smallest absolute Gasteiger partial charge is 0.342 e. The average Bonchev–Trinajstić information content (AvgIpc) is 3.05. The third-order valence-corrected chi connectivity index (χ3v) is 5.49. The summed E-state index contributed by atoms with van der Waals surface area (Å²) in [6.07, 6.45) is 4.07. The molecule has 0 atom stereocenters. The maximum absolute atomic E-state index is 12.7. The topological polar surface area (TPSA) is 127 Å². The Morgan fingerprint density at radius 2 is 2.00 bits per heavy atom. The first-order valence-electron chi connectivity index (χ1n) is 7.69. The van der Waals surface area contributed by atoms with Crippen molar-refractivity contribution >= 4 is 22.0 Å². The number of sulfonamides is 1. The molecule has 2 rings (SSSR count). The van der Waals surface area contributed by atoms with Gasteiger partial charge in [0.05, 0.1) is 19.9 Å². The van der Waals surface area contributed by atoms with Crippen LogP contribution in [0.3, 0.4) is 0 Å². The van der Waals surface area contributed by atoms with E-state index in [1.54, 1.807) is 6.92 Å². The molecule has 0 aromatic carbocycles. The van der Waals surface area contributed by atoms with E-state index in [1.165, 1.54) is 7.11 Å². The lowest BCUT2D eigenvalue weighted by molar-refractivity contribution is -0.149. The Bertz CT molecular complexity index is 706. The zero-order chi connectivity index (χ0) is 17.8. The van der Waals surface area contributed by atoms with Crippen molar-refractivity contribution in [3.05, 3.63) is 11.8 Å². The van der Waals surface area contributed by atoms with Crippen LogP contribution in [0.15, 0.2) is 11.2 Å². The first-order chi connectivity index (χ1) is 11.4. The van der Waals surface area contributed by atoms with Crippen molar-refractivity contribution in [3.63, 3.8) is 0 Å². The largest absolute Gasteiger partial charge is 0.468 e. The van der Waals surface area contributed by atoms with Crippen molar-refractivity contribution < 1.29 is 27.5 Å². The van der Waals surface area contributed by atoms with Crippen molar-refractivity contribution in [2.75, 3.05) is 13.7 Å². The quantitative estimate of drug-likeness (QED) is 0.717. The van der Waals surface area contributed by atoms with Crippen LogP contribution in [0.1, 0.15) is 49.4 Å². The van der Waals surface area contributed by atoms with Crippen LogP contribution >= 0.6 is 0 Å². The van der Waals surface area contributed by atoms with Gasteiger partial charge in [0.15, 0.2) is 5.03 Å². The van der Waals surface area contributed by atoms with Gasteiger partial charge in [-0.25, -0.2) is 13.2 Å². The second kappa shape index (κ2) is 7.31. The highest BCUT2D eigenvalue weighted by atomic mass is 32.2. The van der Waals surface area contributed by atoms with Gasteiger partial charge in [0.2, 0.25) is 0 Å². The molecular formula is C14H21N3O6S. The number of nitrogens with one attached hydrogen (secondary N) is 2. The normalized spacial score (nSPS) is 17.2. The van der Waals surface area contributed by atoms with E-state index in [0.717, 1.165) is 12.6 Å². The monoisotopic (exact) mass is 359 g/mol. The lowest BCUT2D eigenvalue weighted by Gasteiger charge is -2.34. The predicted octanol–water partition coefficient (Wildman–Crippen LogP) is 0.741. The minimum absolute atomic E-state index is 0.100. The van der Waals surface area contributed by atoms with Crippen LogP contribution in [0.2, 0.25) is 0 Å². The Labute approximate surface area is 140 Å². The zero-order valence-corrected chi connectivity index (χ0v) is 14.4. The Kier molecular flexibility index (Phi) is 5.60. The molecule has 1 aromatic heterocycles. The summed E-state index contributed by atoms with van der Waals surface area (Å²) >= 11 is 0. The number of aromatic nitrogens is 2. The maximum Gasteiger partial charge on any atom is 0.342 e. The molecular weight excluding hydrogens is 338 g/mol. The SMILES string of the molecule is CCOC(=O)c1cn[nH]c1S(=O)(=O)NC1(C(=O)OC)CCCCC1. The Morgan fingerprint density at radius 1 is 1.33 bits per heavy atom. The highest BCUT2D eigenvalue weighted by Gasteiger charge is 2.45. The number of rotatable bonds is 6. The Morgan fingerprint density at radius 3 is 2.58 bits per heavy atom. The molecule has 10 heteroatoms. The molecule has 1 aliphatic carbocycles. The van der Waals surface area contributed by atoms with Crippen LogP contribution in [0.5, 0.6) is 0 Å². The van der Waals surface area contributed by atoms with E-state index in [1.807, 2.05) is 0 Å². The van der Waals surface area contributed by atoms with Crippen molar-refractivity contribution in [2.45, 2.75) is 49.6 Å². The van der Waals surface area contributed by atoms with Crippen molar-refractivity contribution in [3.8, 4) is 0 Å². The molecule has 1 aromatic rings. The minimum atomic E-state index is -4.19. The molecule has 0 saturated heterocycles. The van der Waals surface area contributed by atoms with Gasteiger partial charge in [-0.2, -0.15) is 9.82 Å². The van der Waals surface area contributed by atoms with Gasteiger partial charge in [0.25, 0.3) is 10.0 Å². The average molecular weight is 359 g/mol. The number of H-pyrrole nitrogens is 1. The zero-order valence-electron chi connectivity index (χ0n) is 13.6. The number of aromatic amines is 1. The molecule has 134 valence electrons. The highest BCUT2D eigenvalue weighted by molar-refractivity contribution is 7.89. The van der Waals surface area contributed by atoms with Crippen LogP contribution < -0.4 is 4.72 Å². The van der Waals surface area contributed by atoms with Crippen molar-refractivity contribution in [1.82, 2.24) is 14.9 Å². The standard InChI is InChI=1S/C14H21N3O6S/c1-3-23-12(18)10-9-15-16-11(10)24(20,21)17-14(13(19)22-2)7-5-4-6-8-14/h9,17H,3-8H2,1-2H3,(H,15,16). The molecule has 24 heavy (non-hydrogen) atoms. The lowest BCUT2D eigenvalue weighted by Crippen LogP contribution is -2.56. The third kappa shape index (κ3) is 3.59. The summed E-state index contributed by atoms with van der Waals surface area (Å²) < 4.78 is 37.5. The van der Waals surface area contributed by atoms with Gasteiger partial charge in [-0.1, -0.05) is 19.3 Å². The number of nitrogens with zero attached hydrogens (tertiary/aromatic N) is 1. The summed E-state index contributed by atoms with van der Waals surface area (Å²) in [4.78, 5) is 24.1. The van der Waals surface area contributed by atoms with E-state index < -0.39 is 32.5 Å². The van der Waals surface area contributed by atoms with Crippen LogP contribution in [-0.2, 0) is 24.3 Å². The number of ether oxygens (including phenoxy) is 2. The summed E-state index contributed by atoms with van der Waals surface area (Å²) in [5.74, 6) is -1.44.